The SMILES string of the molecule is CCC(=O)O[C@H]1[C@H](OC(=O)CC)COC(Oc2ccccc2C(=O)OC(C)(C)C)[C@@H]1OC(=O)CC. The highest BCUT2D eigenvalue weighted by Crippen LogP contribution is 2.30. The molecule has 0 radical (unpaired) electrons. The van der Waals surface area contributed by atoms with E-state index >= 15 is 0 Å². The number of rotatable bonds is 9. The maximum absolute atomic E-state index is 12.7. The van der Waals surface area contributed by atoms with E-state index in [1.807, 2.05) is 0 Å². The molecule has 1 heterocycles. The number of carbonyl (C=O) groups is 4. The highest BCUT2D eigenvalue weighted by Gasteiger charge is 2.49. The monoisotopic (exact) mass is 494 g/mol. The van der Waals surface area contributed by atoms with Gasteiger partial charge < -0.3 is 28.4 Å². The molecule has 194 valence electrons. The summed E-state index contributed by atoms with van der Waals surface area (Å²) in [6.45, 7) is 9.85. The standard InChI is InChI=1S/C25H34O10/c1-7-18(26)31-17-14-30-24(22(34-20(28)9-3)21(17)33-19(27)8-2)32-16-13-11-10-12-15(16)23(29)35-25(4,5)6/h10-13,17,21-22,24H,7-9,14H2,1-6H3/t17-,21+,22-,24?/m1/s1. The van der Waals surface area contributed by atoms with Crippen molar-refractivity contribution in [3.63, 3.8) is 0 Å². The van der Waals surface area contributed by atoms with Crippen LogP contribution < -0.4 is 4.74 Å². The number of para-hydroxylation sites is 1. The van der Waals surface area contributed by atoms with E-state index in [0.717, 1.165) is 0 Å². The Kier molecular flexibility index (Phi) is 10.1. The van der Waals surface area contributed by atoms with Crippen molar-refractivity contribution in [3.8, 4) is 5.75 Å². The first-order valence-corrected chi connectivity index (χ1v) is 11.7. The van der Waals surface area contributed by atoms with Crippen LogP contribution in [0.25, 0.3) is 0 Å². The number of hydrogen-bond acceptors (Lipinski definition) is 10. The van der Waals surface area contributed by atoms with Crippen molar-refractivity contribution in [3.05, 3.63) is 29.8 Å². The lowest BCUT2D eigenvalue weighted by molar-refractivity contribution is -0.261. The molecule has 1 unspecified atom stereocenters. The van der Waals surface area contributed by atoms with Crippen molar-refractivity contribution in [1.82, 2.24) is 0 Å². The largest absolute Gasteiger partial charge is 0.460 e. The second kappa shape index (κ2) is 12.5. The van der Waals surface area contributed by atoms with Crippen LogP contribution in [0.3, 0.4) is 0 Å². The van der Waals surface area contributed by atoms with Gasteiger partial charge >= 0.3 is 23.9 Å². The lowest BCUT2D eigenvalue weighted by Gasteiger charge is -2.40. The highest BCUT2D eigenvalue weighted by molar-refractivity contribution is 5.92. The summed E-state index contributed by atoms with van der Waals surface area (Å²) in [5, 5.41) is 0. The van der Waals surface area contributed by atoms with Crippen LogP contribution >= 0.6 is 0 Å². The lowest BCUT2D eigenvalue weighted by atomic mass is 10.0. The normalized spacial score (nSPS) is 22.0. The Morgan fingerprint density at radius 1 is 0.857 bits per heavy atom. The first-order chi connectivity index (χ1) is 16.5. The van der Waals surface area contributed by atoms with Crippen LogP contribution in [0.4, 0.5) is 0 Å². The van der Waals surface area contributed by atoms with Crippen molar-refractivity contribution < 1.29 is 47.6 Å². The van der Waals surface area contributed by atoms with Gasteiger partial charge in [0.15, 0.2) is 12.2 Å². The molecule has 1 aliphatic rings. The quantitative estimate of drug-likeness (QED) is 0.373. The third-order valence-corrected chi connectivity index (χ3v) is 4.82. The van der Waals surface area contributed by atoms with E-state index in [1.54, 1.807) is 53.7 Å². The van der Waals surface area contributed by atoms with Gasteiger partial charge in [-0.1, -0.05) is 32.9 Å². The van der Waals surface area contributed by atoms with Gasteiger partial charge in [0.1, 0.15) is 16.9 Å². The second-order valence-electron chi connectivity index (χ2n) is 8.82. The molecule has 0 aromatic heterocycles. The lowest BCUT2D eigenvalue weighted by Crippen LogP contribution is -2.59. The van der Waals surface area contributed by atoms with Crippen molar-refractivity contribution in [2.45, 2.75) is 91.0 Å². The molecule has 0 spiro atoms. The summed E-state index contributed by atoms with van der Waals surface area (Å²) in [7, 11) is 0. The van der Waals surface area contributed by atoms with Gasteiger partial charge in [0.25, 0.3) is 0 Å². The van der Waals surface area contributed by atoms with E-state index in [9.17, 15) is 19.2 Å². The molecule has 2 rings (SSSR count). The van der Waals surface area contributed by atoms with Crippen molar-refractivity contribution in [2.24, 2.45) is 0 Å². The van der Waals surface area contributed by atoms with E-state index < -0.39 is 54.1 Å². The molecule has 10 nitrogen and oxygen atoms in total. The molecule has 1 aliphatic heterocycles. The second-order valence-corrected chi connectivity index (χ2v) is 8.82. The summed E-state index contributed by atoms with van der Waals surface area (Å²) in [5.41, 5.74) is -0.603. The Balaban J connectivity index is 2.40. The number of esters is 4. The molecule has 0 aliphatic carbocycles. The number of benzene rings is 1. The fourth-order valence-electron chi connectivity index (χ4n) is 3.13. The van der Waals surface area contributed by atoms with Crippen LogP contribution in [0, 0.1) is 0 Å². The molecular formula is C25H34O10. The zero-order valence-electron chi connectivity index (χ0n) is 21.0. The molecule has 0 amide bonds. The van der Waals surface area contributed by atoms with Crippen molar-refractivity contribution in [1.29, 1.82) is 0 Å². The summed E-state index contributed by atoms with van der Waals surface area (Å²) < 4.78 is 33.6. The Morgan fingerprint density at radius 3 is 1.97 bits per heavy atom. The average molecular weight is 495 g/mol. The van der Waals surface area contributed by atoms with Crippen LogP contribution in [0.15, 0.2) is 24.3 Å². The van der Waals surface area contributed by atoms with Gasteiger partial charge in [-0.25, -0.2) is 4.79 Å². The van der Waals surface area contributed by atoms with Gasteiger partial charge in [0, 0.05) is 19.3 Å². The highest BCUT2D eigenvalue weighted by atomic mass is 16.7. The number of carbonyl (C=O) groups excluding carboxylic acids is 4. The number of hydrogen-bond donors (Lipinski definition) is 0. The van der Waals surface area contributed by atoms with E-state index in [0.29, 0.717) is 0 Å². The molecule has 0 N–H and O–H groups in total. The van der Waals surface area contributed by atoms with Gasteiger partial charge in [-0.15, -0.1) is 0 Å². The van der Waals surface area contributed by atoms with Crippen LogP contribution in [-0.2, 0) is 38.1 Å². The third-order valence-electron chi connectivity index (χ3n) is 4.82. The number of ether oxygens (including phenoxy) is 6. The van der Waals surface area contributed by atoms with Gasteiger partial charge in [-0.05, 0) is 32.9 Å². The predicted octanol–water partition coefficient (Wildman–Crippen LogP) is 3.34. The molecule has 1 aromatic carbocycles. The smallest absolute Gasteiger partial charge is 0.342 e. The zero-order chi connectivity index (χ0) is 26.2. The van der Waals surface area contributed by atoms with Gasteiger partial charge in [0.05, 0.1) is 6.61 Å². The molecule has 35 heavy (non-hydrogen) atoms. The average Bonchev–Trinajstić information content (AvgIpc) is 2.81. The topological polar surface area (TPSA) is 124 Å². The molecular weight excluding hydrogens is 460 g/mol. The summed E-state index contributed by atoms with van der Waals surface area (Å²) in [6.07, 6.45) is -4.56. The Morgan fingerprint density at radius 2 is 1.40 bits per heavy atom. The summed E-state index contributed by atoms with van der Waals surface area (Å²) >= 11 is 0. The molecule has 10 heteroatoms. The van der Waals surface area contributed by atoms with Crippen molar-refractivity contribution >= 4 is 23.9 Å². The minimum Gasteiger partial charge on any atom is -0.460 e. The first kappa shape index (κ1) is 28.1. The van der Waals surface area contributed by atoms with Crippen LogP contribution in [0.5, 0.6) is 5.75 Å². The minimum absolute atomic E-state index is 0.0333. The van der Waals surface area contributed by atoms with E-state index in [4.69, 9.17) is 28.4 Å². The Labute approximate surface area is 205 Å². The van der Waals surface area contributed by atoms with E-state index in [1.165, 1.54) is 12.1 Å². The zero-order valence-corrected chi connectivity index (χ0v) is 21.0. The fraction of sp³-hybridized carbons (Fsp3) is 0.600. The molecule has 4 atom stereocenters. The first-order valence-electron chi connectivity index (χ1n) is 11.7. The summed E-state index contributed by atoms with van der Waals surface area (Å²) in [4.78, 5) is 49.1. The van der Waals surface area contributed by atoms with Gasteiger partial charge in [0.2, 0.25) is 12.4 Å². The van der Waals surface area contributed by atoms with Crippen LogP contribution in [0.1, 0.15) is 71.2 Å². The van der Waals surface area contributed by atoms with Crippen molar-refractivity contribution in [2.75, 3.05) is 6.61 Å². The third kappa shape index (κ3) is 8.24. The van der Waals surface area contributed by atoms with Gasteiger partial charge in [-0.2, -0.15) is 0 Å². The predicted molar refractivity (Wildman–Crippen MR) is 122 cm³/mol. The maximum atomic E-state index is 12.7. The molecule has 1 fully saturated rings. The van der Waals surface area contributed by atoms with E-state index in [-0.39, 0.29) is 37.2 Å². The minimum atomic E-state index is -1.27. The summed E-state index contributed by atoms with van der Waals surface area (Å²) in [6, 6.07) is 6.37. The molecule has 0 saturated carbocycles. The Bertz CT molecular complexity index is 904. The maximum Gasteiger partial charge on any atom is 0.342 e. The Hall–Kier alpha value is -3.14. The molecule has 0 bridgehead atoms. The van der Waals surface area contributed by atoms with E-state index in [2.05, 4.69) is 0 Å². The van der Waals surface area contributed by atoms with Crippen LogP contribution in [0.2, 0.25) is 0 Å². The van der Waals surface area contributed by atoms with Crippen LogP contribution in [-0.4, -0.2) is 60.7 Å². The molecule has 1 saturated heterocycles. The summed E-state index contributed by atoms with van der Waals surface area (Å²) in [5.74, 6) is -2.22. The fourth-order valence-corrected chi connectivity index (χ4v) is 3.13. The van der Waals surface area contributed by atoms with Gasteiger partial charge in [-0.3, -0.25) is 14.4 Å². The molecule has 1 aromatic rings.